The molecule has 3 rings (SSSR count). The topological polar surface area (TPSA) is 143 Å². The number of carboxylic acids is 1. The number of amides is 2. The van der Waals surface area contributed by atoms with Gasteiger partial charge in [-0.1, -0.05) is 18.2 Å². The number of carbonyl (C=O) groups is 2. The number of anilines is 1. The molecule has 0 saturated carbocycles. The van der Waals surface area contributed by atoms with E-state index in [0.717, 1.165) is 0 Å². The van der Waals surface area contributed by atoms with Gasteiger partial charge in [-0.15, -0.1) is 0 Å². The predicted octanol–water partition coefficient (Wildman–Crippen LogP) is 1.24. The molecule has 1 atom stereocenters. The van der Waals surface area contributed by atoms with Crippen molar-refractivity contribution in [3.05, 3.63) is 86.7 Å². The number of hydrogen-bond acceptors (Lipinski definition) is 5. The van der Waals surface area contributed by atoms with Gasteiger partial charge in [-0.3, -0.25) is 19.0 Å². The molecule has 0 spiro atoms. The number of carbonyl (C=O) groups excluding carboxylic acids is 1. The number of aromatic nitrogens is 2. The minimum absolute atomic E-state index is 0. The summed E-state index contributed by atoms with van der Waals surface area (Å²) in [4.78, 5) is 48.6. The molecule has 11 heteroatoms. The molecular weight excluding hydrogens is 439 g/mol. The van der Waals surface area contributed by atoms with Crippen LogP contribution in [-0.4, -0.2) is 60.9 Å². The number of carboxylic acid groups (broad SMARTS) is 1. The van der Waals surface area contributed by atoms with E-state index in [9.17, 15) is 29.4 Å². The van der Waals surface area contributed by atoms with E-state index in [1.54, 1.807) is 37.3 Å². The molecule has 0 aliphatic heterocycles. The van der Waals surface area contributed by atoms with Crippen molar-refractivity contribution in [3.8, 4) is 11.4 Å². The maximum atomic E-state index is 12.6. The fourth-order valence-electron chi connectivity index (χ4n) is 3.23. The number of aryl methyl sites for hydroxylation is 2. The Bertz CT molecular complexity index is 1290. The van der Waals surface area contributed by atoms with E-state index in [2.05, 4.69) is 10.6 Å². The van der Waals surface area contributed by atoms with Crippen molar-refractivity contribution < 1.29 is 19.8 Å². The first kappa shape index (κ1) is 25.9. The predicted molar refractivity (Wildman–Crippen MR) is 124 cm³/mol. The van der Waals surface area contributed by atoms with Gasteiger partial charge in [0.2, 0.25) is 0 Å². The summed E-state index contributed by atoms with van der Waals surface area (Å²) in [7, 11) is 1.47. The molecule has 2 amide bonds. The van der Waals surface area contributed by atoms with E-state index in [0.29, 0.717) is 16.8 Å². The van der Waals surface area contributed by atoms with Gasteiger partial charge >= 0.3 is 41.6 Å². The molecule has 1 unspecified atom stereocenters. The Kier molecular flexibility index (Phi) is 8.63. The van der Waals surface area contributed by atoms with Crippen molar-refractivity contribution in [3.63, 3.8) is 0 Å². The van der Waals surface area contributed by atoms with Crippen LogP contribution in [0.25, 0.3) is 5.69 Å². The third kappa shape index (κ3) is 6.13. The first-order valence-corrected chi connectivity index (χ1v) is 9.64. The third-order valence-electron chi connectivity index (χ3n) is 4.83. The van der Waals surface area contributed by atoms with Crippen LogP contribution in [0.2, 0.25) is 0 Å². The molecule has 0 aliphatic rings. The van der Waals surface area contributed by atoms with Crippen LogP contribution in [0.3, 0.4) is 0 Å². The molecule has 1 aromatic carbocycles. The van der Waals surface area contributed by atoms with E-state index < -0.39 is 30.0 Å². The molecule has 0 aliphatic carbocycles. The van der Waals surface area contributed by atoms with Crippen molar-refractivity contribution in [1.82, 2.24) is 14.5 Å². The monoisotopic (exact) mass is 462 g/mol. The van der Waals surface area contributed by atoms with Crippen LogP contribution in [0.4, 0.5) is 10.5 Å². The number of urea groups is 1. The Labute approximate surface area is 210 Å². The Balaban J connectivity index is 0.00000385. The Morgan fingerprint density at radius 2 is 1.73 bits per heavy atom. The van der Waals surface area contributed by atoms with Crippen molar-refractivity contribution in [2.75, 3.05) is 5.32 Å². The number of nitrogens with one attached hydrogen (secondary N) is 2. The molecule has 2 aromatic heterocycles. The Morgan fingerprint density at radius 1 is 1.06 bits per heavy atom. The molecule has 0 bridgehead atoms. The summed E-state index contributed by atoms with van der Waals surface area (Å²) in [6.07, 6.45) is 2.40. The second-order valence-corrected chi connectivity index (χ2v) is 7.21. The summed E-state index contributed by atoms with van der Waals surface area (Å²) in [6, 6.07) is 9.54. The minimum atomic E-state index is -1.18. The van der Waals surface area contributed by atoms with E-state index in [-0.39, 0.29) is 46.6 Å². The van der Waals surface area contributed by atoms with Gasteiger partial charge in [0.05, 0.1) is 12.5 Å². The summed E-state index contributed by atoms with van der Waals surface area (Å²) in [5, 5.41) is 24.3. The molecule has 2 heterocycles. The Morgan fingerprint density at radius 3 is 2.36 bits per heavy atom. The summed E-state index contributed by atoms with van der Waals surface area (Å²) in [5.41, 5.74) is 0.0356. The van der Waals surface area contributed by atoms with Crippen LogP contribution in [0.5, 0.6) is 5.75 Å². The SMILES string of the molecule is Cc1cn(C)c(=O)c(NC(=O)NC(CC(=O)O)c2ccc(=O)n(-c3ccccc3)c2)c1O.[NaH]. The number of hydrogen-bond donors (Lipinski definition) is 4. The van der Waals surface area contributed by atoms with Gasteiger partial charge in [-0.2, -0.15) is 0 Å². The van der Waals surface area contributed by atoms with E-state index >= 15 is 0 Å². The standard InChI is InChI=1S/C22H22N4O6.Na.H/c1-13-11-25(2)21(31)19(20(13)30)24-22(32)23-16(10-18(28)29)14-8-9-17(27)26(12-14)15-6-4-3-5-7-15;;/h3-9,11-12,16,30H,10H2,1-2H3,(H,28,29)(H2,23,24,32);;. The molecule has 0 fully saturated rings. The summed E-state index contributed by atoms with van der Waals surface area (Å²) in [5.74, 6) is -1.56. The average molecular weight is 462 g/mol. The molecule has 10 nitrogen and oxygen atoms in total. The van der Waals surface area contributed by atoms with Crippen LogP contribution >= 0.6 is 0 Å². The van der Waals surface area contributed by atoms with Gasteiger partial charge < -0.3 is 25.4 Å². The molecule has 33 heavy (non-hydrogen) atoms. The fourth-order valence-corrected chi connectivity index (χ4v) is 3.23. The number of pyridine rings is 2. The number of aliphatic carboxylic acids is 1. The van der Waals surface area contributed by atoms with Crippen LogP contribution in [0.1, 0.15) is 23.6 Å². The van der Waals surface area contributed by atoms with E-state index in [1.807, 2.05) is 0 Å². The van der Waals surface area contributed by atoms with Crippen LogP contribution < -0.4 is 21.8 Å². The van der Waals surface area contributed by atoms with Gasteiger partial charge in [-0.05, 0) is 30.7 Å². The van der Waals surface area contributed by atoms with Gasteiger partial charge in [0.25, 0.3) is 11.1 Å². The van der Waals surface area contributed by atoms with E-state index in [1.165, 1.54) is 40.7 Å². The van der Waals surface area contributed by atoms with Crippen molar-refractivity contribution >= 4 is 47.2 Å². The Hall–Kier alpha value is -3.34. The number of benzene rings is 1. The zero-order chi connectivity index (χ0) is 23.4. The van der Waals surface area contributed by atoms with Gasteiger partial charge in [0, 0.05) is 36.8 Å². The molecular formula is C22H23N4NaO6. The zero-order valence-corrected chi connectivity index (χ0v) is 17.4. The third-order valence-corrected chi connectivity index (χ3v) is 4.83. The van der Waals surface area contributed by atoms with Crippen LogP contribution in [-0.2, 0) is 11.8 Å². The van der Waals surface area contributed by atoms with E-state index in [4.69, 9.17) is 0 Å². The number of nitrogens with zero attached hydrogens (tertiary/aromatic N) is 2. The van der Waals surface area contributed by atoms with Crippen LogP contribution in [0, 0.1) is 6.92 Å². The maximum absolute atomic E-state index is 12.6. The second kappa shape index (κ2) is 11.0. The van der Waals surface area contributed by atoms with Gasteiger partial charge in [0.1, 0.15) is 5.75 Å². The molecule has 3 aromatic rings. The molecule has 0 radical (unpaired) electrons. The molecule has 4 N–H and O–H groups in total. The van der Waals surface area contributed by atoms with Crippen molar-refractivity contribution in [2.24, 2.45) is 7.05 Å². The second-order valence-electron chi connectivity index (χ2n) is 7.21. The van der Waals surface area contributed by atoms with Crippen molar-refractivity contribution in [1.29, 1.82) is 0 Å². The fraction of sp³-hybridized carbons (Fsp3) is 0.182. The number of para-hydroxylation sites is 1. The van der Waals surface area contributed by atoms with Crippen LogP contribution in [0.15, 0.2) is 64.4 Å². The summed E-state index contributed by atoms with van der Waals surface area (Å²) >= 11 is 0. The zero-order valence-electron chi connectivity index (χ0n) is 17.4. The first-order valence-electron chi connectivity index (χ1n) is 9.64. The van der Waals surface area contributed by atoms with Gasteiger partial charge in [0.15, 0.2) is 5.69 Å². The summed E-state index contributed by atoms with van der Waals surface area (Å²) < 4.78 is 2.54. The van der Waals surface area contributed by atoms with Gasteiger partial charge in [-0.25, -0.2) is 4.79 Å². The average Bonchev–Trinajstić information content (AvgIpc) is 2.75. The quantitative estimate of drug-likeness (QED) is 0.406. The number of rotatable bonds is 6. The first-order chi connectivity index (χ1) is 15.2. The van der Waals surface area contributed by atoms with Crippen molar-refractivity contribution in [2.45, 2.75) is 19.4 Å². The molecule has 168 valence electrons. The number of aromatic hydroxyl groups is 1. The molecule has 0 saturated heterocycles. The normalized spacial score (nSPS) is 11.2. The summed E-state index contributed by atoms with van der Waals surface area (Å²) in [6.45, 7) is 1.57.